The summed E-state index contributed by atoms with van der Waals surface area (Å²) in [6, 6.07) is 0.168. The molecule has 0 unspecified atom stereocenters. The normalized spacial score (nSPS) is 37.1. The monoisotopic (exact) mass is 196 g/mol. The van der Waals surface area contributed by atoms with Crippen molar-refractivity contribution < 1.29 is 9.59 Å². The molecule has 0 aromatic carbocycles. The van der Waals surface area contributed by atoms with E-state index in [9.17, 15) is 9.59 Å². The second-order valence-electron chi connectivity index (χ2n) is 4.55. The predicted molar refractivity (Wildman–Crippen MR) is 51.4 cm³/mol. The van der Waals surface area contributed by atoms with Crippen LogP contribution in [-0.2, 0) is 9.59 Å². The molecule has 4 heteroatoms. The minimum absolute atomic E-state index is 0.0105. The van der Waals surface area contributed by atoms with Crippen LogP contribution in [0.15, 0.2) is 0 Å². The Hall–Kier alpha value is -0.900. The van der Waals surface area contributed by atoms with Gasteiger partial charge in [-0.05, 0) is 5.92 Å². The van der Waals surface area contributed by atoms with E-state index in [0.29, 0.717) is 12.5 Å². The van der Waals surface area contributed by atoms with Gasteiger partial charge >= 0.3 is 0 Å². The van der Waals surface area contributed by atoms with Crippen molar-refractivity contribution in [2.75, 3.05) is 13.6 Å². The number of hydrogen-bond donors (Lipinski definition) is 1. The lowest BCUT2D eigenvalue weighted by atomic mass is 9.87. The molecule has 0 aromatic rings. The van der Waals surface area contributed by atoms with Crippen LogP contribution in [0.25, 0.3) is 0 Å². The van der Waals surface area contributed by atoms with E-state index in [1.165, 1.54) is 4.90 Å². The van der Waals surface area contributed by atoms with Crippen molar-refractivity contribution in [1.29, 1.82) is 0 Å². The molecule has 0 radical (unpaired) electrons. The van der Waals surface area contributed by atoms with Crippen LogP contribution in [0.4, 0.5) is 0 Å². The topological polar surface area (TPSA) is 49.4 Å². The number of carbonyl (C=O) groups excluding carboxylic acids is 2. The first-order chi connectivity index (χ1) is 6.54. The molecular weight excluding hydrogens is 180 g/mol. The summed E-state index contributed by atoms with van der Waals surface area (Å²) in [6.45, 7) is 4.81. The van der Waals surface area contributed by atoms with E-state index >= 15 is 0 Å². The Morgan fingerprint density at radius 3 is 2.57 bits per heavy atom. The Kier molecular flexibility index (Phi) is 2.10. The first kappa shape index (κ1) is 9.65. The zero-order valence-corrected chi connectivity index (χ0v) is 8.78. The number of imide groups is 1. The van der Waals surface area contributed by atoms with Crippen molar-refractivity contribution in [3.63, 3.8) is 0 Å². The smallest absolute Gasteiger partial charge is 0.234 e. The molecule has 0 spiro atoms. The van der Waals surface area contributed by atoms with E-state index < -0.39 is 0 Å². The van der Waals surface area contributed by atoms with Crippen LogP contribution >= 0.6 is 0 Å². The molecule has 2 saturated heterocycles. The summed E-state index contributed by atoms with van der Waals surface area (Å²) in [4.78, 5) is 24.7. The van der Waals surface area contributed by atoms with Gasteiger partial charge in [-0.25, -0.2) is 0 Å². The van der Waals surface area contributed by atoms with Gasteiger partial charge in [0.15, 0.2) is 0 Å². The molecule has 0 aromatic heterocycles. The highest BCUT2D eigenvalue weighted by molar-refractivity contribution is 6.05. The standard InChI is InChI=1S/C10H16N2O2/c1-5(2)8-7-6(4-11-8)9(13)12(3)10(7)14/h5-8,11H,4H2,1-3H3/t6-,7+,8-/m0/s1. The SMILES string of the molecule is CC(C)[C@@H]1NC[C@@H]2C(=O)N(C)C(=O)[C@H]21. The zero-order chi connectivity index (χ0) is 10.5. The second kappa shape index (κ2) is 3.05. The van der Waals surface area contributed by atoms with Crippen LogP contribution in [0.5, 0.6) is 0 Å². The number of nitrogens with zero attached hydrogens (tertiary/aromatic N) is 1. The molecule has 2 heterocycles. The van der Waals surface area contributed by atoms with Gasteiger partial charge in [-0.15, -0.1) is 0 Å². The number of carbonyl (C=O) groups is 2. The highest BCUT2D eigenvalue weighted by atomic mass is 16.2. The average molecular weight is 196 g/mol. The third-order valence-electron chi connectivity index (χ3n) is 3.38. The number of rotatable bonds is 1. The van der Waals surface area contributed by atoms with Crippen LogP contribution in [0.1, 0.15) is 13.8 Å². The fraction of sp³-hybridized carbons (Fsp3) is 0.800. The number of hydrogen-bond acceptors (Lipinski definition) is 3. The van der Waals surface area contributed by atoms with E-state index in [4.69, 9.17) is 0 Å². The molecule has 78 valence electrons. The summed E-state index contributed by atoms with van der Waals surface area (Å²) in [6.07, 6.45) is 0. The molecule has 0 aliphatic carbocycles. The molecule has 3 atom stereocenters. The Morgan fingerprint density at radius 1 is 1.36 bits per heavy atom. The number of likely N-dealkylation sites (tertiary alicyclic amines) is 1. The first-order valence-electron chi connectivity index (χ1n) is 5.09. The van der Waals surface area contributed by atoms with Gasteiger partial charge in [-0.2, -0.15) is 0 Å². The van der Waals surface area contributed by atoms with Crippen LogP contribution in [-0.4, -0.2) is 36.3 Å². The highest BCUT2D eigenvalue weighted by Gasteiger charge is 2.53. The third kappa shape index (κ3) is 1.10. The van der Waals surface area contributed by atoms with Gasteiger partial charge in [0, 0.05) is 19.6 Å². The van der Waals surface area contributed by atoms with Crippen LogP contribution < -0.4 is 5.32 Å². The third-order valence-corrected chi connectivity index (χ3v) is 3.38. The highest BCUT2D eigenvalue weighted by Crippen LogP contribution is 2.34. The largest absolute Gasteiger partial charge is 0.312 e. The van der Waals surface area contributed by atoms with Gasteiger partial charge < -0.3 is 5.32 Å². The molecule has 1 N–H and O–H groups in total. The van der Waals surface area contributed by atoms with Crippen molar-refractivity contribution in [2.45, 2.75) is 19.9 Å². The van der Waals surface area contributed by atoms with Crippen molar-refractivity contribution in [1.82, 2.24) is 10.2 Å². The summed E-state index contributed by atoms with van der Waals surface area (Å²) in [7, 11) is 1.58. The van der Waals surface area contributed by atoms with Gasteiger partial charge in [-0.1, -0.05) is 13.8 Å². The molecule has 0 saturated carbocycles. The van der Waals surface area contributed by atoms with E-state index in [1.807, 2.05) is 0 Å². The first-order valence-corrected chi connectivity index (χ1v) is 5.09. The van der Waals surface area contributed by atoms with Crippen LogP contribution in [0.3, 0.4) is 0 Å². The van der Waals surface area contributed by atoms with Gasteiger partial charge in [-0.3, -0.25) is 14.5 Å². The summed E-state index contributed by atoms with van der Waals surface area (Å²) < 4.78 is 0. The summed E-state index contributed by atoms with van der Waals surface area (Å²) in [5.74, 6) is 0.139. The maximum Gasteiger partial charge on any atom is 0.234 e. The van der Waals surface area contributed by atoms with Crippen LogP contribution in [0.2, 0.25) is 0 Å². The molecule has 14 heavy (non-hydrogen) atoms. The molecule has 2 rings (SSSR count). The van der Waals surface area contributed by atoms with E-state index in [1.54, 1.807) is 7.05 Å². The average Bonchev–Trinajstić information content (AvgIpc) is 2.64. The summed E-state index contributed by atoms with van der Waals surface area (Å²) in [5, 5.41) is 3.27. The maximum atomic E-state index is 11.8. The van der Waals surface area contributed by atoms with Crippen molar-refractivity contribution >= 4 is 11.8 Å². The van der Waals surface area contributed by atoms with Crippen LogP contribution in [0, 0.1) is 17.8 Å². The molecule has 2 aliphatic rings. The van der Waals surface area contributed by atoms with Gasteiger partial charge in [0.05, 0.1) is 11.8 Å². The number of amides is 2. The quantitative estimate of drug-likeness (QED) is 0.593. The van der Waals surface area contributed by atoms with E-state index in [2.05, 4.69) is 19.2 Å². The van der Waals surface area contributed by atoms with Crippen molar-refractivity contribution in [3.05, 3.63) is 0 Å². The summed E-state index contributed by atoms with van der Waals surface area (Å²) >= 11 is 0. The lowest BCUT2D eigenvalue weighted by Gasteiger charge is -2.20. The van der Waals surface area contributed by atoms with Crippen molar-refractivity contribution in [3.8, 4) is 0 Å². The zero-order valence-electron chi connectivity index (χ0n) is 8.78. The fourth-order valence-corrected chi connectivity index (χ4v) is 2.57. The Morgan fingerprint density at radius 2 is 2.00 bits per heavy atom. The number of fused-ring (bicyclic) bond motifs is 1. The second-order valence-corrected chi connectivity index (χ2v) is 4.55. The maximum absolute atomic E-state index is 11.8. The molecule has 4 nitrogen and oxygen atoms in total. The van der Waals surface area contributed by atoms with Crippen molar-refractivity contribution in [2.24, 2.45) is 17.8 Å². The minimum atomic E-state index is -0.118. The number of nitrogens with one attached hydrogen (secondary N) is 1. The lowest BCUT2D eigenvalue weighted by molar-refractivity contribution is -0.138. The fourth-order valence-electron chi connectivity index (χ4n) is 2.57. The van der Waals surface area contributed by atoms with E-state index in [-0.39, 0.29) is 29.7 Å². The molecule has 0 bridgehead atoms. The molecular formula is C10H16N2O2. The Balaban J connectivity index is 2.27. The summed E-state index contributed by atoms with van der Waals surface area (Å²) in [5.41, 5.74) is 0. The predicted octanol–water partition coefficient (Wildman–Crippen LogP) is -0.155. The van der Waals surface area contributed by atoms with Gasteiger partial charge in [0.2, 0.25) is 11.8 Å². The molecule has 2 amide bonds. The van der Waals surface area contributed by atoms with Gasteiger partial charge in [0.25, 0.3) is 0 Å². The van der Waals surface area contributed by atoms with E-state index in [0.717, 1.165) is 0 Å². The van der Waals surface area contributed by atoms with Gasteiger partial charge in [0.1, 0.15) is 0 Å². The minimum Gasteiger partial charge on any atom is -0.312 e. The lowest BCUT2D eigenvalue weighted by Crippen LogP contribution is -2.39. The Labute approximate surface area is 83.6 Å². The molecule has 2 fully saturated rings. The Bertz CT molecular complexity index is 288. The molecule has 2 aliphatic heterocycles.